The predicted molar refractivity (Wildman–Crippen MR) is 95.5 cm³/mol. The standard InChI is InChI=1S/C20H28O7/c1-6-25-18(23)15-14(17(22)26-11(2)3)16(19(24)27-12(4)5)20(15)10-8-7-9-13(20)21/h11-12,16H,6-10H2,1-5H3/t16-,20-/m1/s1. The van der Waals surface area contributed by atoms with Crippen LogP contribution in [0.2, 0.25) is 0 Å². The molecule has 1 saturated carbocycles. The molecule has 0 saturated heterocycles. The largest absolute Gasteiger partial charge is 0.463 e. The highest BCUT2D eigenvalue weighted by atomic mass is 16.6. The zero-order chi connectivity index (χ0) is 20.4. The van der Waals surface area contributed by atoms with Crippen LogP contribution < -0.4 is 0 Å². The molecular formula is C20H28O7. The van der Waals surface area contributed by atoms with Gasteiger partial charge in [0.1, 0.15) is 11.7 Å². The van der Waals surface area contributed by atoms with Gasteiger partial charge in [-0.1, -0.05) is 6.42 Å². The highest BCUT2D eigenvalue weighted by Crippen LogP contribution is 2.59. The molecule has 0 aliphatic heterocycles. The van der Waals surface area contributed by atoms with Gasteiger partial charge in [-0.25, -0.2) is 9.59 Å². The van der Waals surface area contributed by atoms with Gasteiger partial charge in [-0.05, 0) is 47.5 Å². The van der Waals surface area contributed by atoms with Crippen LogP contribution in [-0.4, -0.2) is 42.5 Å². The lowest BCUT2D eigenvalue weighted by Gasteiger charge is -2.49. The minimum Gasteiger partial charge on any atom is -0.463 e. The van der Waals surface area contributed by atoms with Crippen LogP contribution in [0.15, 0.2) is 11.1 Å². The smallest absolute Gasteiger partial charge is 0.335 e. The number of carbonyl (C=O) groups is 4. The van der Waals surface area contributed by atoms with E-state index < -0.39 is 41.4 Å². The van der Waals surface area contributed by atoms with Crippen LogP contribution in [0.25, 0.3) is 0 Å². The van der Waals surface area contributed by atoms with Crippen molar-refractivity contribution < 1.29 is 33.4 Å². The monoisotopic (exact) mass is 380 g/mol. The van der Waals surface area contributed by atoms with E-state index in [1.165, 1.54) is 0 Å². The van der Waals surface area contributed by atoms with Crippen LogP contribution in [0.1, 0.15) is 60.3 Å². The van der Waals surface area contributed by atoms with Gasteiger partial charge in [-0.15, -0.1) is 0 Å². The fourth-order valence-corrected chi connectivity index (χ4v) is 3.93. The van der Waals surface area contributed by atoms with E-state index in [0.29, 0.717) is 19.3 Å². The van der Waals surface area contributed by atoms with Gasteiger partial charge < -0.3 is 14.2 Å². The van der Waals surface area contributed by atoms with E-state index in [1.54, 1.807) is 34.6 Å². The van der Waals surface area contributed by atoms with Gasteiger partial charge in [-0.3, -0.25) is 9.59 Å². The maximum Gasteiger partial charge on any atom is 0.335 e. The third-order valence-corrected chi connectivity index (χ3v) is 4.85. The van der Waals surface area contributed by atoms with Crippen LogP contribution in [0, 0.1) is 11.3 Å². The Bertz CT molecular complexity index is 674. The Morgan fingerprint density at radius 2 is 1.67 bits per heavy atom. The number of carbonyl (C=O) groups excluding carboxylic acids is 4. The Balaban J connectivity index is 2.60. The summed E-state index contributed by atoms with van der Waals surface area (Å²) in [5, 5.41) is 0. The molecular weight excluding hydrogens is 352 g/mol. The van der Waals surface area contributed by atoms with Crippen molar-refractivity contribution in [3.8, 4) is 0 Å². The van der Waals surface area contributed by atoms with E-state index in [0.717, 1.165) is 0 Å². The maximum absolute atomic E-state index is 12.9. The number of hydrogen-bond donors (Lipinski definition) is 0. The van der Waals surface area contributed by atoms with Gasteiger partial charge in [0.2, 0.25) is 0 Å². The molecule has 27 heavy (non-hydrogen) atoms. The summed E-state index contributed by atoms with van der Waals surface area (Å²) in [7, 11) is 0. The summed E-state index contributed by atoms with van der Waals surface area (Å²) < 4.78 is 15.7. The molecule has 0 N–H and O–H groups in total. The van der Waals surface area contributed by atoms with Gasteiger partial charge in [0, 0.05) is 6.42 Å². The number of hydrogen-bond acceptors (Lipinski definition) is 7. The van der Waals surface area contributed by atoms with Gasteiger partial charge in [0.15, 0.2) is 0 Å². The number of ether oxygens (including phenoxy) is 3. The molecule has 2 aliphatic rings. The molecule has 2 rings (SSSR count). The summed E-state index contributed by atoms with van der Waals surface area (Å²) in [6, 6.07) is 0. The average Bonchev–Trinajstić information content (AvgIpc) is 2.52. The Hall–Kier alpha value is -2.18. The van der Waals surface area contributed by atoms with Crippen molar-refractivity contribution in [3.63, 3.8) is 0 Å². The highest BCUT2D eigenvalue weighted by Gasteiger charge is 2.67. The molecule has 0 radical (unpaired) electrons. The first-order valence-electron chi connectivity index (χ1n) is 9.53. The number of esters is 3. The van der Waals surface area contributed by atoms with Crippen LogP contribution in [0.5, 0.6) is 0 Å². The van der Waals surface area contributed by atoms with Gasteiger partial charge in [0.05, 0.1) is 35.4 Å². The van der Waals surface area contributed by atoms with Crippen LogP contribution in [0.4, 0.5) is 0 Å². The minimum atomic E-state index is -1.35. The Kier molecular flexibility index (Phi) is 6.44. The predicted octanol–water partition coefficient (Wildman–Crippen LogP) is 2.51. The summed E-state index contributed by atoms with van der Waals surface area (Å²) >= 11 is 0. The second-order valence-electron chi connectivity index (χ2n) is 7.48. The summed E-state index contributed by atoms with van der Waals surface area (Å²) in [5.74, 6) is -3.54. The summed E-state index contributed by atoms with van der Waals surface area (Å²) in [5.41, 5.74) is -1.46. The van der Waals surface area contributed by atoms with Crippen molar-refractivity contribution in [2.24, 2.45) is 11.3 Å². The molecule has 0 heterocycles. The molecule has 0 aromatic rings. The van der Waals surface area contributed by atoms with E-state index in [-0.39, 0.29) is 30.0 Å². The zero-order valence-corrected chi connectivity index (χ0v) is 16.6. The third-order valence-electron chi connectivity index (χ3n) is 4.85. The zero-order valence-electron chi connectivity index (χ0n) is 16.6. The second kappa shape index (κ2) is 8.23. The molecule has 0 unspecified atom stereocenters. The second-order valence-corrected chi connectivity index (χ2v) is 7.48. The first-order chi connectivity index (χ1) is 12.7. The summed E-state index contributed by atoms with van der Waals surface area (Å²) in [4.78, 5) is 51.0. The molecule has 1 spiro atoms. The van der Waals surface area contributed by atoms with Crippen LogP contribution >= 0.6 is 0 Å². The van der Waals surface area contributed by atoms with E-state index in [1.807, 2.05) is 0 Å². The fourth-order valence-electron chi connectivity index (χ4n) is 3.93. The van der Waals surface area contributed by atoms with E-state index >= 15 is 0 Å². The molecule has 7 heteroatoms. The van der Waals surface area contributed by atoms with Gasteiger partial charge in [-0.2, -0.15) is 0 Å². The van der Waals surface area contributed by atoms with Crippen molar-refractivity contribution in [1.82, 2.24) is 0 Å². The molecule has 2 atom stereocenters. The molecule has 150 valence electrons. The van der Waals surface area contributed by atoms with Gasteiger partial charge >= 0.3 is 17.9 Å². The number of Topliss-reactive ketones (excluding diaryl/α,β-unsaturated/α-hetero) is 1. The normalized spacial score (nSPS) is 24.9. The maximum atomic E-state index is 12.9. The third kappa shape index (κ3) is 3.77. The highest BCUT2D eigenvalue weighted by molar-refractivity contribution is 6.16. The van der Waals surface area contributed by atoms with E-state index in [9.17, 15) is 19.2 Å². The first-order valence-corrected chi connectivity index (χ1v) is 9.53. The molecule has 1 fully saturated rings. The molecule has 0 amide bonds. The van der Waals surface area contributed by atoms with Crippen LogP contribution in [0.3, 0.4) is 0 Å². The molecule has 0 bridgehead atoms. The minimum absolute atomic E-state index is 0.0228. The Morgan fingerprint density at radius 1 is 1.04 bits per heavy atom. The topological polar surface area (TPSA) is 96.0 Å². The summed E-state index contributed by atoms with van der Waals surface area (Å²) in [6.07, 6.45) is 1.08. The van der Waals surface area contributed by atoms with E-state index in [4.69, 9.17) is 14.2 Å². The lowest BCUT2D eigenvalue weighted by Crippen LogP contribution is -2.58. The number of rotatable bonds is 6. The molecule has 2 aliphatic carbocycles. The fraction of sp³-hybridized carbons (Fsp3) is 0.700. The summed E-state index contributed by atoms with van der Waals surface area (Å²) in [6.45, 7) is 8.46. The lowest BCUT2D eigenvalue weighted by molar-refractivity contribution is -0.167. The molecule has 0 aromatic carbocycles. The van der Waals surface area contributed by atoms with Crippen molar-refractivity contribution in [3.05, 3.63) is 11.1 Å². The quantitative estimate of drug-likeness (QED) is 0.516. The van der Waals surface area contributed by atoms with Gasteiger partial charge in [0.25, 0.3) is 0 Å². The first kappa shape index (κ1) is 21.1. The van der Waals surface area contributed by atoms with Crippen molar-refractivity contribution in [1.29, 1.82) is 0 Å². The van der Waals surface area contributed by atoms with Crippen LogP contribution in [-0.2, 0) is 33.4 Å². The molecule has 7 nitrogen and oxygen atoms in total. The Morgan fingerprint density at radius 3 is 2.19 bits per heavy atom. The lowest BCUT2D eigenvalue weighted by atomic mass is 9.50. The number of ketones is 1. The van der Waals surface area contributed by atoms with Crippen molar-refractivity contribution in [2.75, 3.05) is 6.61 Å². The molecule has 0 aromatic heterocycles. The SMILES string of the molecule is CCOC(=O)C1=C(C(=O)OC(C)C)[C@H](C(=O)OC(C)C)[C@@]12CCCCC2=O. The van der Waals surface area contributed by atoms with Crippen molar-refractivity contribution in [2.45, 2.75) is 72.5 Å². The van der Waals surface area contributed by atoms with Crippen molar-refractivity contribution >= 4 is 23.7 Å². The average molecular weight is 380 g/mol. The van der Waals surface area contributed by atoms with E-state index in [2.05, 4.69) is 0 Å². The Labute approximate surface area is 159 Å².